The van der Waals surface area contributed by atoms with Gasteiger partial charge in [0.2, 0.25) is 0 Å². The lowest BCUT2D eigenvalue weighted by Gasteiger charge is -2.28. The molecule has 0 atom stereocenters. The molecule has 2 heterocycles. The summed E-state index contributed by atoms with van der Waals surface area (Å²) in [5, 5.41) is 0.936. The van der Waals surface area contributed by atoms with Crippen LogP contribution in [0, 0.1) is 0 Å². The van der Waals surface area contributed by atoms with E-state index in [4.69, 9.17) is 16.3 Å². The first-order valence-corrected chi connectivity index (χ1v) is 12.6. The number of fused-ring (bicyclic) bond motifs is 2. The summed E-state index contributed by atoms with van der Waals surface area (Å²) in [5.74, 6) is -2.30. The number of hydrogen-bond acceptors (Lipinski definition) is 6. The van der Waals surface area contributed by atoms with Crippen LogP contribution in [-0.2, 0) is 4.74 Å². The average molecular weight is 584 g/mol. The first-order valence-electron chi connectivity index (χ1n) is 10.6. The summed E-state index contributed by atoms with van der Waals surface area (Å²) in [6.45, 7) is -0.423. The molecular formula is C26H16BrClN2O5S. The van der Waals surface area contributed by atoms with Crippen LogP contribution in [0.3, 0.4) is 0 Å². The van der Waals surface area contributed by atoms with Gasteiger partial charge in [-0.15, -0.1) is 11.3 Å². The molecule has 0 radical (unpaired) electrons. The van der Waals surface area contributed by atoms with Crippen molar-refractivity contribution in [3.63, 3.8) is 0 Å². The van der Waals surface area contributed by atoms with Crippen LogP contribution < -0.4 is 4.90 Å². The Balaban J connectivity index is 1.63. The predicted molar refractivity (Wildman–Crippen MR) is 141 cm³/mol. The van der Waals surface area contributed by atoms with Crippen molar-refractivity contribution in [2.75, 3.05) is 18.7 Å². The van der Waals surface area contributed by atoms with Crippen molar-refractivity contribution in [1.82, 2.24) is 4.90 Å². The molecule has 0 bridgehead atoms. The summed E-state index contributed by atoms with van der Waals surface area (Å²) >= 11 is 11.2. The van der Waals surface area contributed by atoms with E-state index in [1.807, 2.05) is 12.1 Å². The largest absolute Gasteiger partial charge is 0.465 e. The zero-order valence-electron chi connectivity index (χ0n) is 18.7. The van der Waals surface area contributed by atoms with E-state index in [1.54, 1.807) is 48.5 Å². The maximum Gasteiger partial charge on any atom is 0.339 e. The number of rotatable bonds is 5. The molecule has 0 N–H and O–H groups in total. The number of anilines is 1. The third-order valence-electron chi connectivity index (χ3n) is 5.79. The summed E-state index contributed by atoms with van der Waals surface area (Å²) in [7, 11) is 1.23. The molecule has 180 valence electrons. The molecule has 0 saturated carbocycles. The van der Waals surface area contributed by atoms with E-state index in [0.717, 1.165) is 14.1 Å². The molecule has 10 heteroatoms. The highest BCUT2D eigenvalue weighted by atomic mass is 79.9. The maximum absolute atomic E-state index is 14.0. The van der Waals surface area contributed by atoms with Gasteiger partial charge in [-0.3, -0.25) is 24.2 Å². The number of methoxy groups -OCH3 is 1. The van der Waals surface area contributed by atoms with E-state index in [1.165, 1.54) is 29.4 Å². The van der Waals surface area contributed by atoms with E-state index >= 15 is 0 Å². The smallest absolute Gasteiger partial charge is 0.339 e. The number of ether oxygens (including phenoxy) is 1. The molecule has 5 rings (SSSR count). The first-order chi connectivity index (χ1) is 17.3. The minimum absolute atomic E-state index is 0.102. The minimum Gasteiger partial charge on any atom is -0.465 e. The fourth-order valence-electron chi connectivity index (χ4n) is 4.05. The van der Waals surface area contributed by atoms with Gasteiger partial charge in [-0.1, -0.05) is 57.9 Å². The average Bonchev–Trinajstić information content (AvgIpc) is 3.34. The molecule has 1 aliphatic rings. The van der Waals surface area contributed by atoms with Crippen LogP contribution in [-0.4, -0.2) is 42.4 Å². The molecule has 0 unspecified atom stereocenters. The Morgan fingerprint density at radius 2 is 1.64 bits per heavy atom. The van der Waals surface area contributed by atoms with Crippen LogP contribution in [0.15, 0.2) is 71.2 Å². The molecule has 0 aliphatic carbocycles. The molecule has 1 aliphatic heterocycles. The van der Waals surface area contributed by atoms with Gasteiger partial charge in [0.15, 0.2) is 0 Å². The lowest BCUT2D eigenvalue weighted by molar-refractivity contribution is 0.0601. The Morgan fingerprint density at radius 3 is 2.31 bits per heavy atom. The second kappa shape index (κ2) is 9.50. The molecule has 0 fully saturated rings. The van der Waals surface area contributed by atoms with Crippen molar-refractivity contribution in [2.45, 2.75) is 0 Å². The van der Waals surface area contributed by atoms with Crippen molar-refractivity contribution in [3.8, 4) is 0 Å². The fourth-order valence-corrected chi connectivity index (χ4v) is 6.06. The number of hydrogen-bond donors (Lipinski definition) is 0. The summed E-state index contributed by atoms with van der Waals surface area (Å²) in [4.78, 5) is 55.1. The summed E-state index contributed by atoms with van der Waals surface area (Å²) in [5.41, 5.74) is 0.785. The van der Waals surface area contributed by atoms with Crippen LogP contribution in [0.2, 0.25) is 5.02 Å². The number of carbonyl (C=O) groups is 4. The Labute approximate surface area is 223 Å². The SMILES string of the molecule is COC(=O)c1ccccc1N(CN1C(=O)c2ccccc2C1=O)C(=O)c1sc2cc(Br)ccc2c1Cl. The van der Waals surface area contributed by atoms with Gasteiger partial charge in [-0.05, 0) is 36.4 Å². The molecule has 3 amide bonds. The second-order valence-electron chi connectivity index (χ2n) is 7.85. The predicted octanol–water partition coefficient (Wildman–Crippen LogP) is 6.00. The number of halogens is 2. The Hall–Kier alpha value is -3.53. The maximum atomic E-state index is 14.0. The molecular weight excluding hydrogens is 568 g/mol. The highest BCUT2D eigenvalue weighted by molar-refractivity contribution is 9.10. The number of thiophene rings is 1. The van der Waals surface area contributed by atoms with Gasteiger partial charge in [0.25, 0.3) is 17.7 Å². The summed E-state index contributed by atoms with van der Waals surface area (Å²) in [6, 6.07) is 18.3. The highest BCUT2D eigenvalue weighted by Crippen LogP contribution is 2.39. The lowest BCUT2D eigenvalue weighted by atomic mass is 10.1. The molecule has 4 aromatic rings. The van der Waals surface area contributed by atoms with Gasteiger partial charge in [0.05, 0.1) is 34.5 Å². The quantitative estimate of drug-likeness (QED) is 0.212. The second-order valence-corrected chi connectivity index (χ2v) is 10.2. The molecule has 7 nitrogen and oxygen atoms in total. The Morgan fingerprint density at radius 1 is 1.00 bits per heavy atom. The van der Waals surface area contributed by atoms with Gasteiger partial charge in [-0.2, -0.15) is 0 Å². The number of carbonyl (C=O) groups excluding carboxylic acids is 4. The number of para-hydroxylation sites is 1. The zero-order valence-corrected chi connectivity index (χ0v) is 21.8. The minimum atomic E-state index is -0.669. The number of imide groups is 1. The van der Waals surface area contributed by atoms with Crippen LogP contribution in [0.5, 0.6) is 0 Å². The third kappa shape index (κ3) is 3.99. The van der Waals surface area contributed by atoms with Crippen molar-refractivity contribution in [2.24, 2.45) is 0 Å². The number of amides is 3. The third-order valence-corrected chi connectivity index (χ3v) is 7.93. The van der Waals surface area contributed by atoms with Crippen molar-refractivity contribution in [3.05, 3.63) is 97.8 Å². The van der Waals surface area contributed by atoms with Gasteiger partial charge >= 0.3 is 5.97 Å². The van der Waals surface area contributed by atoms with Crippen molar-refractivity contribution < 1.29 is 23.9 Å². The van der Waals surface area contributed by atoms with Gasteiger partial charge in [-0.25, -0.2) is 4.79 Å². The summed E-state index contributed by atoms with van der Waals surface area (Å²) in [6.07, 6.45) is 0. The molecule has 0 saturated heterocycles. The van der Waals surface area contributed by atoms with Crippen LogP contribution >= 0.6 is 38.9 Å². The van der Waals surface area contributed by atoms with E-state index in [2.05, 4.69) is 15.9 Å². The van der Waals surface area contributed by atoms with E-state index in [-0.39, 0.29) is 32.3 Å². The van der Waals surface area contributed by atoms with E-state index in [0.29, 0.717) is 5.39 Å². The molecule has 0 spiro atoms. The van der Waals surface area contributed by atoms with E-state index < -0.39 is 30.4 Å². The Bertz CT molecular complexity index is 1550. The first kappa shape index (κ1) is 24.2. The summed E-state index contributed by atoms with van der Waals surface area (Å²) < 4.78 is 6.51. The van der Waals surface area contributed by atoms with Gasteiger partial charge in [0.1, 0.15) is 11.5 Å². The lowest BCUT2D eigenvalue weighted by Crippen LogP contribution is -2.44. The zero-order chi connectivity index (χ0) is 25.6. The standard InChI is InChI=1S/C26H16BrClN2O5S/c1-35-26(34)17-8-4-5-9-19(17)29(13-30-23(31)15-6-2-3-7-16(15)24(30)32)25(33)22-21(28)18-11-10-14(27)12-20(18)36-22/h2-12H,13H2,1H3. The van der Waals surface area contributed by atoms with Crippen LogP contribution in [0.4, 0.5) is 5.69 Å². The Kier molecular flexibility index (Phi) is 6.38. The molecule has 1 aromatic heterocycles. The van der Waals surface area contributed by atoms with Gasteiger partial charge in [0, 0.05) is 14.6 Å². The fraction of sp³-hybridized carbons (Fsp3) is 0.0769. The number of esters is 1. The van der Waals surface area contributed by atoms with Crippen LogP contribution in [0.1, 0.15) is 40.7 Å². The number of nitrogens with zero attached hydrogens (tertiary/aromatic N) is 2. The topological polar surface area (TPSA) is 84.0 Å². The normalized spacial score (nSPS) is 12.7. The van der Waals surface area contributed by atoms with Crippen LogP contribution in [0.25, 0.3) is 10.1 Å². The molecule has 36 heavy (non-hydrogen) atoms. The molecule has 3 aromatic carbocycles. The number of benzene rings is 3. The van der Waals surface area contributed by atoms with Crippen molar-refractivity contribution in [1.29, 1.82) is 0 Å². The monoisotopic (exact) mass is 582 g/mol. The van der Waals surface area contributed by atoms with Crippen molar-refractivity contribution >= 4 is 78.3 Å². The van der Waals surface area contributed by atoms with Gasteiger partial charge < -0.3 is 4.74 Å². The van der Waals surface area contributed by atoms with E-state index in [9.17, 15) is 19.2 Å². The highest BCUT2D eigenvalue weighted by Gasteiger charge is 2.38.